The Morgan fingerprint density at radius 1 is 0.648 bits per heavy atom. The van der Waals surface area contributed by atoms with Gasteiger partial charge >= 0.3 is 28.4 Å². The summed E-state index contributed by atoms with van der Waals surface area (Å²) >= 11 is 1.30. The van der Waals surface area contributed by atoms with Gasteiger partial charge in [-0.15, -0.1) is 42.9 Å². The van der Waals surface area contributed by atoms with Crippen molar-refractivity contribution in [3.05, 3.63) is 166 Å². The van der Waals surface area contributed by atoms with Crippen LogP contribution in [0.15, 0.2) is 97.1 Å². The Morgan fingerprint density at radius 2 is 1.11 bits per heavy atom. The van der Waals surface area contributed by atoms with Gasteiger partial charge in [0.25, 0.3) is 0 Å². The van der Waals surface area contributed by atoms with E-state index >= 15 is 0 Å². The fourth-order valence-corrected chi connectivity index (χ4v) is 7.39. The number of rotatable bonds is 0. The molecule has 0 saturated heterocycles. The van der Waals surface area contributed by atoms with Gasteiger partial charge in [-0.3, -0.25) is 12.2 Å². The number of hydrogen-bond acceptors (Lipinski definition) is 0. The number of halogens is 2. The van der Waals surface area contributed by atoms with Crippen LogP contribution in [0.2, 0.25) is 0 Å². The Balaban J connectivity index is 0.000000289. The van der Waals surface area contributed by atoms with Crippen molar-refractivity contribution in [2.75, 3.05) is 0 Å². The van der Waals surface area contributed by atoms with Gasteiger partial charge in [0.1, 0.15) is 0 Å². The first-order valence-electron chi connectivity index (χ1n) is 18.6. The van der Waals surface area contributed by atoms with Crippen LogP contribution in [-0.2, 0) is 52.3 Å². The van der Waals surface area contributed by atoms with E-state index in [4.69, 9.17) is 0 Å². The van der Waals surface area contributed by atoms with Crippen LogP contribution in [0.25, 0.3) is 22.3 Å². The van der Waals surface area contributed by atoms with Gasteiger partial charge in [0.2, 0.25) is 0 Å². The topological polar surface area (TPSA) is 0 Å². The molecule has 0 nitrogen and oxygen atoms in total. The minimum absolute atomic E-state index is 0. The van der Waals surface area contributed by atoms with E-state index in [2.05, 4.69) is 172 Å². The van der Waals surface area contributed by atoms with Gasteiger partial charge < -0.3 is 0 Å². The molecule has 0 saturated carbocycles. The zero-order valence-corrected chi connectivity index (χ0v) is 38.8. The molecule has 0 unspecified atom stereocenters. The summed E-state index contributed by atoms with van der Waals surface area (Å²) in [7, 11) is 0. The first-order valence-corrected chi connectivity index (χ1v) is 20.3. The molecule has 0 fully saturated rings. The Morgan fingerprint density at radius 3 is 1.50 bits per heavy atom. The quantitative estimate of drug-likeness (QED) is 0.136. The normalized spacial score (nSPS) is 15.5. The summed E-state index contributed by atoms with van der Waals surface area (Å²) in [4.78, 5) is 0. The van der Waals surface area contributed by atoms with Crippen LogP contribution in [0, 0.1) is 24.3 Å². The molecule has 0 bridgehead atoms. The summed E-state index contributed by atoms with van der Waals surface area (Å²) in [6.45, 7) is 26.9. The SMILES string of the molecule is CC(C)(C)c1cc[c-]cc1.CC(C)(C)c1cc[c-]cc1.CC1=[C-]C(C)(C)c2cc3c(cc21)-c1cc2c(cc1C3)C(C)(C)C=C2C.Cl.Cl.[C-]1=CC=CC1.[CH2]=[Zr]. The van der Waals surface area contributed by atoms with Gasteiger partial charge in [-0.25, -0.2) is 17.7 Å². The molecule has 0 amide bonds. The van der Waals surface area contributed by atoms with Crippen LogP contribution in [-0.4, -0.2) is 4.21 Å². The second-order valence-electron chi connectivity index (χ2n) is 17.3. The molecule has 3 heteroatoms. The molecule has 4 aromatic rings. The molecule has 0 N–H and O–H groups in total. The first-order chi connectivity index (χ1) is 24.4. The molecule has 0 spiro atoms. The average molecular weight is 835 g/mol. The van der Waals surface area contributed by atoms with Gasteiger partial charge in [-0.2, -0.15) is 83.4 Å². The van der Waals surface area contributed by atoms with E-state index in [9.17, 15) is 0 Å². The Labute approximate surface area is 356 Å². The molecule has 0 aliphatic heterocycles. The molecular formula is C51H60Cl2Zr-4. The molecule has 286 valence electrons. The summed E-state index contributed by atoms with van der Waals surface area (Å²) in [5.41, 5.74) is 17.8. The van der Waals surface area contributed by atoms with Crippen LogP contribution in [0.4, 0.5) is 0 Å². The van der Waals surface area contributed by atoms with Crippen LogP contribution in [0.1, 0.15) is 134 Å². The van der Waals surface area contributed by atoms with Gasteiger partial charge in [0.15, 0.2) is 0 Å². The van der Waals surface area contributed by atoms with E-state index in [-0.39, 0.29) is 46.5 Å². The molecule has 0 atom stereocenters. The fraction of sp³-hybridized carbons (Fsp3) is 0.353. The van der Waals surface area contributed by atoms with Crippen molar-refractivity contribution in [3.63, 3.8) is 0 Å². The third-order valence-electron chi connectivity index (χ3n) is 10.2. The third kappa shape index (κ3) is 11.4. The predicted octanol–water partition coefficient (Wildman–Crippen LogP) is 14.1. The first kappa shape index (κ1) is 47.3. The van der Waals surface area contributed by atoms with Crippen molar-refractivity contribution in [3.8, 4) is 11.1 Å². The predicted molar refractivity (Wildman–Crippen MR) is 238 cm³/mol. The number of benzene rings is 4. The van der Waals surface area contributed by atoms with Gasteiger partial charge in [0.05, 0.1) is 0 Å². The fourth-order valence-electron chi connectivity index (χ4n) is 7.39. The summed E-state index contributed by atoms with van der Waals surface area (Å²) in [6.07, 6.45) is 17.1. The maximum absolute atomic E-state index is 3.65. The van der Waals surface area contributed by atoms with Crippen molar-refractivity contribution < 1.29 is 24.2 Å². The van der Waals surface area contributed by atoms with Crippen LogP contribution >= 0.6 is 24.8 Å². The second kappa shape index (κ2) is 19.4. The van der Waals surface area contributed by atoms with Crippen LogP contribution in [0.3, 0.4) is 0 Å². The standard InChI is InChI=1S/C25H25.2C10H13.C5H5.CH2.2ClH.Zr/c1-14-12-24(3,4)22-8-16-7-17-9-23-19(15(2)13-25(23,5)6)11-21(17)20(16)10-18(14)22;2*1-10(2,3)9-7-5-4-6-8-9;1-2-4-5-3-1;;;;/h8-12H,7H2,1-6H3;2*5-8H,1-3H3;1-3H,4H2;1H2;2*1H;/q4*-1;;;;. The van der Waals surface area contributed by atoms with E-state index in [1.165, 1.54) is 91.0 Å². The maximum atomic E-state index is 3.65. The van der Waals surface area contributed by atoms with Gasteiger partial charge in [-0.05, 0) is 69.2 Å². The monoisotopic (exact) mass is 832 g/mol. The van der Waals surface area contributed by atoms with E-state index < -0.39 is 0 Å². The molecule has 54 heavy (non-hydrogen) atoms. The molecule has 4 aliphatic rings. The van der Waals surface area contributed by atoms with Gasteiger partial charge in [0, 0.05) is 5.41 Å². The van der Waals surface area contributed by atoms with Crippen molar-refractivity contribution in [1.29, 1.82) is 0 Å². The molecular weight excluding hydrogens is 775 g/mol. The van der Waals surface area contributed by atoms with E-state index in [1.807, 2.05) is 36.4 Å². The van der Waals surface area contributed by atoms with E-state index in [0.717, 1.165) is 12.8 Å². The zero-order chi connectivity index (χ0) is 38.5. The molecule has 4 aliphatic carbocycles. The number of fused-ring (bicyclic) bond motifs is 5. The van der Waals surface area contributed by atoms with Crippen molar-refractivity contribution in [2.24, 2.45) is 0 Å². The number of allylic oxidation sites excluding steroid dienone is 8. The molecule has 0 radical (unpaired) electrons. The van der Waals surface area contributed by atoms with Crippen LogP contribution < -0.4 is 0 Å². The van der Waals surface area contributed by atoms with Crippen molar-refractivity contribution in [1.82, 2.24) is 0 Å². The van der Waals surface area contributed by atoms with Crippen molar-refractivity contribution >= 4 is 40.2 Å². The molecule has 0 heterocycles. The van der Waals surface area contributed by atoms with Crippen LogP contribution in [0.5, 0.6) is 0 Å². The Hall–Kier alpha value is -2.83. The van der Waals surface area contributed by atoms with Crippen molar-refractivity contribution in [2.45, 2.75) is 118 Å². The summed E-state index contributed by atoms with van der Waals surface area (Å²) < 4.78 is 3.34. The average Bonchev–Trinajstić information content (AvgIpc) is 3.88. The molecule has 4 aromatic carbocycles. The minimum atomic E-state index is 0. The molecule has 0 aromatic heterocycles. The number of hydrogen-bond donors (Lipinski definition) is 0. The summed E-state index contributed by atoms with van der Waals surface area (Å²) in [5.74, 6) is 0. The Bertz CT molecular complexity index is 1830. The summed E-state index contributed by atoms with van der Waals surface area (Å²) in [6, 6.07) is 32.1. The molecule has 8 rings (SSSR count). The van der Waals surface area contributed by atoms with E-state index in [1.54, 1.807) is 0 Å². The van der Waals surface area contributed by atoms with E-state index in [0.29, 0.717) is 0 Å². The zero-order valence-electron chi connectivity index (χ0n) is 34.7. The summed E-state index contributed by atoms with van der Waals surface area (Å²) in [5, 5.41) is 0. The van der Waals surface area contributed by atoms with Gasteiger partial charge in [-0.1, -0.05) is 99.8 Å². The second-order valence-corrected chi connectivity index (χ2v) is 17.3. The Kier molecular flexibility index (Phi) is 17.0. The third-order valence-corrected chi connectivity index (χ3v) is 10.2.